The molecule has 4 fully saturated rings. The Morgan fingerprint density at radius 1 is 1.29 bits per heavy atom. The number of hydrogen-bond donors (Lipinski definition) is 2. The number of halogens is 4. The average molecular weight is 439 g/mol. The molecule has 11 heteroatoms. The predicted octanol–water partition coefficient (Wildman–Crippen LogP) is 2.08. The van der Waals surface area contributed by atoms with Gasteiger partial charge in [0.05, 0.1) is 30.4 Å². The van der Waals surface area contributed by atoms with Gasteiger partial charge in [-0.25, -0.2) is 4.39 Å². The van der Waals surface area contributed by atoms with Crippen molar-refractivity contribution in [3.8, 4) is 5.75 Å². The Morgan fingerprint density at radius 3 is 2.68 bits per heavy atom. The van der Waals surface area contributed by atoms with Crippen LogP contribution in [0.1, 0.15) is 28.8 Å². The van der Waals surface area contributed by atoms with Gasteiger partial charge in [-0.2, -0.15) is 18.3 Å². The van der Waals surface area contributed by atoms with Crippen molar-refractivity contribution >= 4 is 11.7 Å². The van der Waals surface area contributed by atoms with Gasteiger partial charge in [-0.3, -0.25) is 9.48 Å². The number of anilines is 1. The fraction of sp³-hybridized carbons (Fsp3) is 0.500. The number of aryl methyl sites for hydroxylation is 1. The highest BCUT2D eigenvalue weighted by atomic mass is 19.4. The number of rotatable bonds is 5. The smallest absolute Gasteiger partial charge is 0.416 e. The fourth-order valence-electron chi connectivity index (χ4n) is 4.61. The van der Waals surface area contributed by atoms with Crippen molar-refractivity contribution in [3.63, 3.8) is 0 Å². The molecule has 4 heterocycles. The molecular weight excluding hydrogens is 418 g/mol. The molecule has 1 saturated carbocycles. The van der Waals surface area contributed by atoms with Gasteiger partial charge in [0.1, 0.15) is 29.1 Å². The maximum absolute atomic E-state index is 13.6. The Hall–Kier alpha value is -2.82. The number of hydrogen-bond acceptors (Lipinski definition) is 5. The lowest BCUT2D eigenvalue weighted by Crippen LogP contribution is -2.56. The van der Waals surface area contributed by atoms with Gasteiger partial charge in [0.2, 0.25) is 0 Å². The van der Waals surface area contributed by atoms with E-state index in [0.29, 0.717) is 36.6 Å². The summed E-state index contributed by atoms with van der Waals surface area (Å²) in [7, 11) is 1.72. The molecule has 166 valence electrons. The minimum absolute atomic E-state index is 0.174. The highest BCUT2D eigenvalue weighted by molar-refractivity contribution is 5.99. The number of alkyl halides is 3. The van der Waals surface area contributed by atoms with Gasteiger partial charge < -0.3 is 20.3 Å². The standard InChI is InChI=1S/C20H21F4N5O2/c1-28-18(16(7-26-28)17(30)27-19-5-13(6-19)25-10-19)29-8-15(9-29)31-14-3-11(20(22,23)24)2-12(21)4-14/h2-4,7,13,15,25H,5-6,8-10H2,1H3,(H,27,30). The summed E-state index contributed by atoms with van der Waals surface area (Å²) in [5.74, 6) is -0.765. The van der Waals surface area contributed by atoms with Crippen molar-refractivity contribution in [2.24, 2.45) is 7.05 Å². The number of fused-ring (bicyclic) bond motifs is 1. The summed E-state index contributed by atoms with van der Waals surface area (Å²) < 4.78 is 59.4. The van der Waals surface area contributed by atoms with Crippen LogP contribution in [0.15, 0.2) is 24.4 Å². The van der Waals surface area contributed by atoms with E-state index in [0.717, 1.165) is 31.5 Å². The van der Waals surface area contributed by atoms with E-state index in [1.807, 2.05) is 4.90 Å². The first-order valence-electron chi connectivity index (χ1n) is 9.99. The van der Waals surface area contributed by atoms with E-state index in [4.69, 9.17) is 4.74 Å². The Kier molecular flexibility index (Phi) is 4.44. The number of benzene rings is 1. The quantitative estimate of drug-likeness (QED) is 0.699. The van der Waals surface area contributed by atoms with Crippen molar-refractivity contribution in [3.05, 3.63) is 41.3 Å². The summed E-state index contributed by atoms with van der Waals surface area (Å²) in [4.78, 5) is 14.7. The van der Waals surface area contributed by atoms with Gasteiger partial charge >= 0.3 is 6.18 Å². The normalized spacial score (nSPS) is 25.2. The summed E-state index contributed by atoms with van der Waals surface area (Å²) in [6.07, 6.45) is -1.74. The first kappa shape index (κ1) is 20.1. The number of amides is 1. The number of nitrogens with zero attached hydrogens (tertiary/aromatic N) is 3. The maximum Gasteiger partial charge on any atom is 0.416 e. The third kappa shape index (κ3) is 3.60. The monoisotopic (exact) mass is 439 g/mol. The van der Waals surface area contributed by atoms with Crippen LogP contribution in [-0.4, -0.2) is 53.0 Å². The second-order valence-electron chi connectivity index (χ2n) is 8.54. The van der Waals surface area contributed by atoms with Crippen molar-refractivity contribution in [1.29, 1.82) is 0 Å². The highest BCUT2D eigenvalue weighted by Gasteiger charge is 2.51. The van der Waals surface area contributed by atoms with Crippen LogP contribution in [0.4, 0.5) is 23.4 Å². The zero-order chi connectivity index (χ0) is 22.0. The number of carbonyl (C=O) groups excluding carboxylic acids is 1. The van der Waals surface area contributed by atoms with E-state index in [-0.39, 0.29) is 17.2 Å². The molecule has 7 nitrogen and oxygen atoms in total. The second kappa shape index (κ2) is 6.84. The molecule has 3 aliphatic heterocycles. The Bertz CT molecular complexity index is 1020. The van der Waals surface area contributed by atoms with Crippen LogP contribution >= 0.6 is 0 Å². The lowest BCUT2D eigenvalue weighted by atomic mass is 9.78. The second-order valence-corrected chi connectivity index (χ2v) is 8.54. The van der Waals surface area contributed by atoms with Crippen molar-refractivity contribution in [2.75, 3.05) is 24.5 Å². The van der Waals surface area contributed by atoms with E-state index in [1.165, 1.54) is 6.20 Å². The molecule has 1 aliphatic carbocycles. The third-order valence-corrected chi connectivity index (χ3v) is 6.18. The molecule has 4 aliphatic rings. The molecule has 1 aromatic heterocycles. The molecule has 6 rings (SSSR count). The van der Waals surface area contributed by atoms with Gasteiger partial charge in [-0.15, -0.1) is 0 Å². The van der Waals surface area contributed by atoms with E-state index in [9.17, 15) is 22.4 Å². The van der Waals surface area contributed by atoms with Crippen molar-refractivity contribution in [2.45, 2.75) is 36.7 Å². The largest absolute Gasteiger partial charge is 0.487 e. The topological polar surface area (TPSA) is 71.4 Å². The molecule has 3 saturated heterocycles. The van der Waals surface area contributed by atoms with E-state index in [1.54, 1.807) is 11.7 Å². The van der Waals surface area contributed by atoms with Crippen LogP contribution in [0.5, 0.6) is 5.75 Å². The van der Waals surface area contributed by atoms with E-state index >= 15 is 0 Å². The van der Waals surface area contributed by atoms with Crippen LogP contribution < -0.4 is 20.3 Å². The van der Waals surface area contributed by atoms with Gasteiger partial charge in [0.15, 0.2) is 0 Å². The van der Waals surface area contributed by atoms with E-state index < -0.39 is 23.7 Å². The third-order valence-electron chi connectivity index (χ3n) is 6.18. The molecule has 31 heavy (non-hydrogen) atoms. The summed E-state index contributed by atoms with van der Waals surface area (Å²) >= 11 is 0. The molecule has 0 spiro atoms. The van der Waals surface area contributed by atoms with Gasteiger partial charge in [0, 0.05) is 25.7 Å². The number of aromatic nitrogens is 2. The summed E-state index contributed by atoms with van der Waals surface area (Å²) in [6, 6.07) is 2.63. The van der Waals surface area contributed by atoms with Crippen LogP contribution in [0.2, 0.25) is 0 Å². The van der Waals surface area contributed by atoms with Crippen LogP contribution in [0.3, 0.4) is 0 Å². The molecular formula is C20H21F4N5O2. The Balaban J connectivity index is 1.25. The first-order valence-corrected chi connectivity index (χ1v) is 9.99. The Morgan fingerprint density at radius 2 is 2.03 bits per heavy atom. The molecule has 2 N–H and O–H groups in total. The summed E-state index contributed by atoms with van der Waals surface area (Å²) in [5, 5.41) is 10.6. The highest BCUT2D eigenvalue weighted by Crippen LogP contribution is 2.39. The van der Waals surface area contributed by atoms with Crippen molar-refractivity contribution in [1.82, 2.24) is 20.4 Å². The molecule has 2 aromatic rings. The van der Waals surface area contributed by atoms with Crippen LogP contribution in [0.25, 0.3) is 0 Å². The molecule has 0 atom stereocenters. The van der Waals surface area contributed by atoms with Crippen LogP contribution in [0, 0.1) is 5.82 Å². The molecule has 1 amide bonds. The fourth-order valence-corrected chi connectivity index (χ4v) is 4.61. The SMILES string of the molecule is Cn1ncc(C(=O)NC23CNC(C2)C3)c1N1CC(Oc2cc(F)cc(C(F)(F)F)c2)C1. The Labute approximate surface area is 175 Å². The molecule has 0 radical (unpaired) electrons. The van der Waals surface area contributed by atoms with Crippen LogP contribution in [-0.2, 0) is 13.2 Å². The van der Waals surface area contributed by atoms with Gasteiger partial charge in [-0.05, 0) is 25.0 Å². The predicted molar refractivity (Wildman–Crippen MR) is 102 cm³/mol. The molecule has 1 aromatic carbocycles. The zero-order valence-electron chi connectivity index (χ0n) is 16.7. The molecule has 0 unspecified atom stereocenters. The van der Waals surface area contributed by atoms with Gasteiger partial charge in [0.25, 0.3) is 5.91 Å². The number of nitrogens with one attached hydrogen (secondary N) is 2. The summed E-state index contributed by atoms with van der Waals surface area (Å²) in [5.41, 5.74) is -0.845. The number of ether oxygens (including phenoxy) is 1. The first-order chi connectivity index (χ1) is 14.6. The van der Waals surface area contributed by atoms with Gasteiger partial charge in [-0.1, -0.05) is 0 Å². The lowest BCUT2D eigenvalue weighted by molar-refractivity contribution is -0.137. The number of carbonyl (C=O) groups is 1. The lowest BCUT2D eigenvalue weighted by Gasteiger charge is -2.41. The maximum atomic E-state index is 13.6. The van der Waals surface area contributed by atoms with Crippen molar-refractivity contribution < 1.29 is 27.1 Å². The average Bonchev–Trinajstić information content (AvgIpc) is 3.31. The zero-order valence-corrected chi connectivity index (χ0v) is 16.7. The molecule has 2 bridgehead atoms. The minimum atomic E-state index is -4.66. The van der Waals surface area contributed by atoms with E-state index in [2.05, 4.69) is 15.7 Å². The summed E-state index contributed by atoms with van der Waals surface area (Å²) in [6.45, 7) is 1.44. The minimum Gasteiger partial charge on any atom is -0.487 e.